The summed E-state index contributed by atoms with van der Waals surface area (Å²) in [6.45, 7) is 0. The molecule has 0 unspecified atom stereocenters. The summed E-state index contributed by atoms with van der Waals surface area (Å²) in [7, 11) is 0. The van der Waals surface area contributed by atoms with Gasteiger partial charge < -0.3 is 0 Å². The SMILES string of the molecule is c1ccc2c(c1)-c1cc3sc(cc4nc(cc5sc(cc-2n1)c1c2ccccc2c2ccccc2c51)-c1ccccc1-4)c1ccccc31. The van der Waals surface area contributed by atoms with Crippen LogP contribution >= 0.6 is 22.7 Å². The summed E-state index contributed by atoms with van der Waals surface area (Å²) < 4.78 is 4.85. The van der Waals surface area contributed by atoms with E-state index in [1.54, 1.807) is 0 Å². The number of nitrogens with zero attached hydrogens (tertiary/aromatic N) is 2. The highest BCUT2D eigenvalue weighted by Gasteiger charge is 2.21. The van der Waals surface area contributed by atoms with Crippen molar-refractivity contribution in [3.05, 3.63) is 146 Å². The molecule has 0 aliphatic carbocycles. The molecule has 6 aromatic carbocycles. The highest BCUT2D eigenvalue weighted by atomic mass is 32.1. The molecule has 2 aliphatic heterocycles. The van der Waals surface area contributed by atoms with E-state index < -0.39 is 0 Å². The van der Waals surface area contributed by atoms with Crippen LogP contribution in [0.2, 0.25) is 0 Å². The van der Waals surface area contributed by atoms with Crippen molar-refractivity contribution in [3.63, 3.8) is 0 Å². The van der Waals surface area contributed by atoms with E-state index in [0.717, 1.165) is 22.8 Å². The lowest BCUT2D eigenvalue weighted by Crippen LogP contribution is -1.81. The molecule has 11 rings (SSSR count). The van der Waals surface area contributed by atoms with Crippen molar-refractivity contribution >= 4 is 84.6 Å². The Hall–Kier alpha value is -5.68. The Morgan fingerprint density at radius 2 is 0.583 bits per heavy atom. The molecule has 0 saturated carbocycles. The van der Waals surface area contributed by atoms with Crippen LogP contribution in [0.4, 0.5) is 0 Å². The Morgan fingerprint density at radius 1 is 0.292 bits per heavy atom. The van der Waals surface area contributed by atoms with Crippen molar-refractivity contribution in [2.24, 2.45) is 0 Å². The average Bonchev–Trinajstić information content (AvgIpc) is 3.87. The van der Waals surface area contributed by atoms with E-state index in [1.165, 1.54) is 84.1 Å². The molecule has 0 saturated heterocycles. The molecule has 3 aromatic heterocycles. The first kappa shape index (κ1) is 26.4. The van der Waals surface area contributed by atoms with Crippen LogP contribution in [0.5, 0.6) is 0 Å². The molecule has 0 amide bonds. The quantitative estimate of drug-likeness (QED) is 0.154. The van der Waals surface area contributed by atoms with Crippen molar-refractivity contribution in [1.29, 1.82) is 0 Å². The summed E-state index contributed by atoms with van der Waals surface area (Å²) in [5.41, 5.74) is 8.70. The highest BCUT2D eigenvalue weighted by Crippen LogP contribution is 2.47. The predicted molar refractivity (Wildman–Crippen MR) is 207 cm³/mol. The van der Waals surface area contributed by atoms with Gasteiger partial charge in [-0.25, -0.2) is 9.97 Å². The minimum atomic E-state index is 1.00. The van der Waals surface area contributed by atoms with Crippen molar-refractivity contribution in [3.8, 4) is 45.0 Å². The van der Waals surface area contributed by atoms with Crippen LogP contribution in [0.1, 0.15) is 0 Å². The van der Waals surface area contributed by atoms with Crippen LogP contribution in [0.3, 0.4) is 0 Å². The van der Waals surface area contributed by atoms with Gasteiger partial charge >= 0.3 is 0 Å². The van der Waals surface area contributed by atoms with E-state index in [1.807, 2.05) is 22.7 Å². The molecule has 0 N–H and O–H groups in total. The molecule has 4 heteroatoms. The number of fused-ring (bicyclic) bond motifs is 25. The standard InChI is InChI=1S/C44H24N2S2/c1-9-19-33-25(11-1)26-12-2-10-20-34(26)44-42-24-38-30-16-6-4-14-28(30)36(46-38)22-40-32-18-8-7-17-31(32)39(47-40)21-35-27-13-3-5-15-29(27)37(45-35)23-41(48-42)43(33)44/h1-24H. The van der Waals surface area contributed by atoms with Crippen LogP contribution in [0, 0.1) is 0 Å². The minimum absolute atomic E-state index is 1.00. The van der Waals surface area contributed by atoms with Crippen LogP contribution in [-0.4, -0.2) is 9.97 Å². The Balaban J connectivity index is 1.41. The fourth-order valence-corrected chi connectivity index (χ4v) is 10.1. The van der Waals surface area contributed by atoms with Gasteiger partial charge in [0.15, 0.2) is 0 Å². The van der Waals surface area contributed by atoms with E-state index in [-0.39, 0.29) is 0 Å². The molecule has 0 fully saturated rings. The number of rotatable bonds is 0. The number of aromatic nitrogens is 2. The molecule has 2 aliphatic rings. The van der Waals surface area contributed by atoms with Gasteiger partial charge in [0.25, 0.3) is 0 Å². The zero-order chi connectivity index (χ0) is 31.3. The minimum Gasteiger partial charge on any atom is -0.248 e. The first-order chi connectivity index (χ1) is 23.8. The number of hydrogen-bond donors (Lipinski definition) is 0. The fourth-order valence-electron chi connectivity index (χ4n) is 7.73. The van der Waals surface area contributed by atoms with Crippen LogP contribution < -0.4 is 0 Å². The topological polar surface area (TPSA) is 25.8 Å². The number of benzene rings is 6. The summed E-state index contributed by atoms with van der Waals surface area (Å²) in [5.74, 6) is 0. The van der Waals surface area contributed by atoms with Crippen molar-refractivity contribution in [2.45, 2.75) is 0 Å². The Labute approximate surface area is 283 Å². The third-order valence-electron chi connectivity index (χ3n) is 9.83. The van der Waals surface area contributed by atoms with Crippen molar-refractivity contribution in [1.82, 2.24) is 9.97 Å². The van der Waals surface area contributed by atoms with E-state index in [0.29, 0.717) is 0 Å². The maximum Gasteiger partial charge on any atom is 0.0730 e. The van der Waals surface area contributed by atoms with Gasteiger partial charge in [0.2, 0.25) is 0 Å². The molecular formula is C44H24N2S2. The number of thiophene rings is 2. The Kier molecular flexibility index (Phi) is 5.45. The molecule has 9 aromatic rings. The van der Waals surface area contributed by atoms with E-state index in [4.69, 9.17) is 9.97 Å². The summed E-state index contributed by atoms with van der Waals surface area (Å²) in [5, 5.41) is 10.1. The second-order valence-electron chi connectivity index (χ2n) is 12.5. The summed E-state index contributed by atoms with van der Waals surface area (Å²) in [6.07, 6.45) is 0. The van der Waals surface area contributed by atoms with Gasteiger partial charge in [0.05, 0.1) is 22.8 Å². The molecule has 5 heterocycles. The van der Waals surface area contributed by atoms with Gasteiger partial charge in [-0.15, -0.1) is 22.7 Å². The van der Waals surface area contributed by atoms with Crippen molar-refractivity contribution in [2.75, 3.05) is 0 Å². The van der Waals surface area contributed by atoms with Crippen LogP contribution in [0.15, 0.2) is 146 Å². The molecule has 0 atom stereocenters. The molecule has 48 heavy (non-hydrogen) atoms. The highest BCUT2D eigenvalue weighted by molar-refractivity contribution is 7.26. The smallest absolute Gasteiger partial charge is 0.0730 e. The lowest BCUT2D eigenvalue weighted by Gasteiger charge is -2.07. The monoisotopic (exact) mass is 644 g/mol. The van der Waals surface area contributed by atoms with Gasteiger partial charge in [-0.05, 0) is 45.8 Å². The maximum absolute atomic E-state index is 5.37. The molecule has 2 nitrogen and oxygen atoms in total. The van der Waals surface area contributed by atoms with Gasteiger partial charge in [-0.1, -0.05) is 121 Å². The van der Waals surface area contributed by atoms with Gasteiger partial charge in [0.1, 0.15) is 0 Å². The van der Waals surface area contributed by atoms with E-state index in [9.17, 15) is 0 Å². The Morgan fingerprint density at radius 3 is 0.979 bits per heavy atom. The molecule has 0 radical (unpaired) electrons. The normalized spacial score (nSPS) is 12.2. The lowest BCUT2D eigenvalue weighted by molar-refractivity contribution is 1.43. The lowest BCUT2D eigenvalue weighted by atomic mass is 9.95. The van der Waals surface area contributed by atoms with Crippen molar-refractivity contribution < 1.29 is 0 Å². The fraction of sp³-hybridized carbons (Fsp3) is 0. The Bertz CT molecular complexity index is 2820. The van der Waals surface area contributed by atoms with Gasteiger partial charge in [-0.2, -0.15) is 0 Å². The number of hydrogen-bond acceptors (Lipinski definition) is 4. The third-order valence-corrected chi connectivity index (χ3v) is 12.0. The summed E-state index contributed by atoms with van der Waals surface area (Å²) in [6, 6.07) is 52.9. The second kappa shape index (κ2) is 9.91. The summed E-state index contributed by atoms with van der Waals surface area (Å²) >= 11 is 3.65. The van der Waals surface area contributed by atoms with Crippen LogP contribution in [0.25, 0.3) is 107 Å². The molecule has 8 bridgehead atoms. The predicted octanol–water partition coefficient (Wildman–Crippen LogP) is 13.1. The zero-order valence-corrected chi connectivity index (χ0v) is 27.2. The average molecular weight is 645 g/mol. The molecule has 222 valence electrons. The molecular weight excluding hydrogens is 621 g/mol. The summed E-state index contributed by atoms with van der Waals surface area (Å²) in [4.78, 5) is 10.7. The second-order valence-corrected chi connectivity index (χ2v) is 14.6. The van der Waals surface area contributed by atoms with E-state index in [2.05, 4.69) is 146 Å². The third kappa shape index (κ3) is 3.73. The van der Waals surface area contributed by atoms with E-state index >= 15 is 0 Å². The maximum atomic E-state index is 5.37. The largest absolute Gasteiger partial charge is 0.248 e. The zero-order valence-electron chi connectivity index (χ0n) is 25.6. The first-order valence-corrected chi connectivity index (χ1v) is 17.8. The van der Waals surface area contributed by atoms with Crippen LogP contribution in [-0.2, 0) is 0 Å². The van der Waals surface area contributed by atoms with Gasteiger partial charge in [-0.3, -0.25) is 0 Å². The molecule has 0 spiro atoms. The first-order valence-electron chi connectivity index (χ1n) is 16.2. The van der Waals surface area contributed by atoms with Gasteiger partial charge in [0, 0.05) is 62.6 Å².